The molecule has 112 valence electrons. The molecule has 0 saturated carbocycles. The summed E-state index contributed by atoms with van der Waals surface area (Å²) in [7, 11) is 1.65. The largest absolute Gasteiger partial charge is 0.496 e. The van der Waals surface area contributed by atoms with Crippen LogP contribution in [0.25, 0.3) is 0 Å². The van der Waals surface area contributed by atoms with Gasteiger partial charge in [0.15, 0.2) is 0 Å². The van der Waals surface area contributed by atoms with Gasteiger partial charge >= 0.3 is 0 Å². The van der Waals surface area contributed by atoms with Gasteiger partial charge < -0.3 is 10.1 Å². The molecule has 21 heavy (non-hydrogen) atoms. The van der Waals surface area contributed by atoms with Gasteiger partial charge in [-0.2, -0.15) is 0 Å². The molecule has 1 heterocycles. The first kappa shape index (κ1) is 15.4. The Hall–Kier alpha value is -1.94. The van der Waals surface area contributed by atoms with E-state index in [0.29, 0.717) is 0 Å². The maximum absolute atomic E-state index is 13.5. The van der Waals surface area contributed by atoms with Crippen molar-refractivity contribution in [3.8, 4) is 5.75 Å². The molecule has 3 nitrogen and oxygen atoms in total. The summed E-state index contributed by atoms with van der Waals surface area (Å²) < 4.78 is 19.0. The van der Waals surface area contributed by atoms with Gasteiger partial charge in [-0.05, 0) is 43.1 Å². The van der Waals surface area contributed by atoms with E-state index in [2.05, 4.69) is 17.2 Å². The predicted octanol–water partition coefficient (Wildman–Crippen LogP) is 3.63. The quantitative estimate of drug-likeness (QED) is 0.881. The molecule has 2 aromatic rings. The molecular weight excluding hydrogens is 267 g/mol. The average Bonchev–Trinajstić information content (AvgIpc) is 2.49. The summed E-state index contributed by atoms with van der Waals surface area (Å²) in [6.07, 6.45) is 3.90. The molecule has 2 rings (SSSR count). The highest BCUT2D eigenvalue weighted by molar-refractivity contribution is 5.43. The van der Waals surface area contributed by atoms with Crippen LogP contribution in [0.2, 0.25) is 0 Å². The highest BCUT2D eigenvalue weighted by atomic mass is 19.1. The van der Waals surface area contributed by atoms with Crippen LogP contribution in [0.1, 0.15) is 36.1 Å². The maximum atomic E-state index is 13.5. The van der Waals surface area contributed by atoms with Crippen LogP contribution in [-0.4, -0.2) is 18.6 Å². The van der Waals surface area contributed by atoms with Gasteiger partial charge in [0.2, 0.25) is 0 Å². The third-order valence-electron chi connectivity index (χ3n) is 3.36. The standard InChI is InChI=1S/C17H21FN2O/c1-4-7-20-17(13-9-14(18)11-19-10-13)15-6-5-12(2)8-16(15)21-3/h5-6,8-11,17,20H,4,7H2,1-3H3. The normalized spacial score (nSPS) is 12.2. The lowest BCUT2D eigenvalue weighted by Gasteiger charge is -2.22. The first-order chi connectivity index (χ1) is 10.2. The van der Waals surface area contributed by atoms with Gasteiger partial charge in [-0.15, -0.1) is 0 Å². The van der Waals surface area contributed by atoms with Crippen molar-refractivity contribution in [2.24, 2.45) is 0 Å². The number of aromatic nitrogens is 1. The number of aryl methyl sites for hydroxylation is 1. The molecule has 1 aromatic heterocycles. The van der Waals surface area contributed by atoms with Crippen molar-refractivity contribution < 1.29 is 9.13 Å². The van der Waals surface area contributed by atoms with Gasteiger partial charge in [0.25, 0.3) is 0 Å². The summed E-state index contributed by atoms with van der Waals surface area (Å²) in [5, 5.41) is 3.44. The van der Waals surface area contributed by atoms with E-state index in [-0.39, 0.29) is 11.9 Å². The number of methoxy groups -OCH3 is 1. The molecule has 0 amide bonds. The molecule has 1 unspecified atom stereocenters. The molecule has 0 aliphatic carbocycles. The van der Waals surface area contributed by atoms with Crippen LogP contribution in [0, 0.1) is 12.7 Å². The van der Waals surface area contributed by atoms with E-state index in [9.17, 15) is 4.39 Å². The van der Waals surface area contributed by atoms with Gasteiger partial charge in [0.05, 0.1) is 19.3 Å². The summed E-state index contributed by atoms with van der Waals surface area (Å²) in [5.74, 6) is 0.467. The molecule has 0 saturated heterocycles. The number of hydrogen-bond acceptors (Lipinski definition) is 3. The fourth-order valence-corrected chi connectivity index (χ4v) is 2.34. The number of nitrogens with zero attached hydrogens (tertiary/aromatic N) is 1. The number of pyridine rings is 1. The zero-order valence-electron chi connectivity index (χ0n) is 12.7. The highest BCUT2D eigenvalue weighted by Crippen LogP contribution is 2.30. The summed E-state index contributed by atoms with van der Waals surface area (Å²) >= 11 is 0. The van der Waals surface area contributed by atoms with Crippen LogP contribution < -0.4 is 10.1 Å². The smallest absolute Gasteiger partial charge is 0.141 e. The molecule has 0 aliphatic rings. The molecule has 1 N–H and O–H groups in total. The Labute approximate surface area is 125 Å². The van der Waals surface area contributed by atoms with Crippen LogP contribution in [-0.2, 0) is 0 Å². The Balaban J connectivity index is 2.45. The molecule has 0 spiro atoms. The zero-order chi connectivity index (χ0) is 15.2. The van der Waals surface area contributed by atoms with Crippen LogP contribution in [0.5, 0.6) is 5.75 Å². The van der Waals surface area contributed by atoms with Gasteiger partial charge in [0.1, 0.15) is 11.6 Å². The lowest BCUT2D eigenvalue weighted by atomic mass is 9.97. The molecule has 0 fully saturated rings. The Morgan fingerprint density at radius 2 is 2.10 bits per heavy atom. The Bertz CT molecular complexity index is 601. The third-order valence-corrected chi connectivity index (χ3v) is 3.36. The van der Waals surface area contributed by atoms with E-state index in [1.807, 2.05) is 25.1 Å². The fraction of sp³-hybridized carbons (Fsp3) is 0.353. The Kier molecular flexibility index (Phi) is 5.28. The average molecular weight is 288 g/mol. The van der Waals surface area contributed by atoms with E-state index in [0.717, 1.165) is 35.4 Å². The van der Waals surface area contributed by atoms with Crippen LogP contribution in [0.4, 0.5) is 4.39 Å². The van der Waals surface area contributed by atoms with Crippen molar-refractivity contribution in [1.82, 2.24) is 10.3 Å². The monoisotopic (exact) mass is 288 g/mol. The molecule has 1 atom stereocenters. The number of rotatable bonds is 6. The van der Waals surface area contributed by atoms with Gasteiger partial charge in [-0.1, -0.05) is 19.1 Å². The van der Waals surface area contributed by atoms with Gasteiger partial charge in [-0.3, -0.25) is 4.98 Å². The molecule has 0 bridgehead atoms. The fourth-order valence-electron chi connectivity index (χ4n) is 2.34. The zero-order valence-corrected chi connectivity index (χ0v) is 12.7. The maximum Gasteiger partial charge on any atom is 0.141 e. The second-order valence-corrected chi connectivity index (χ2v) is 5.07. The summed E-state index contributed by atoms with van der Waals surface area (Å²) in [6.45, 7) is 4.95. The van der Waals surface area contributed by atoms with E-state index in [1.54, 1.807) is 13.3 Å². The van der Waals surface area contributed by atoms with Crippen LogP contribution >= 0.6 is 0 Å². The number of benzene rings is 1. The minimum atomic E-state index is -0.332. The third kappa shape index (κ3) is 3.79. The second kappa shape index (κ2) is 7.18. The topological polar surface area (TPSA) is 34.2 Å². The first-order valence-electron chi connectivity index (χ1n) is 7.14. The summed E-state index contributed by atoms with van der Waals surface area (Å²) in [6, 6.07) is 7.42. The molecular formula is C17H21FN2O. The lowest BCUT2D eigenvalue weighted by molar-refractivity contribution is 0.403. The molecule has 0 radical (unpaired) electrons. The molecule has 4 heteroatoms. The van der Waals surface area contributed by atoms with Crippen molar-refractivity contribution in [3.63, 3.8) is 0 Å². The lowest BCUT2D eigenvalue weighted by Crippen LogP contribution is -2.24. The number of hydrogen-bond donors (Lipinski definition) is 1. The van der Waals surface area contributed by atoms with Crippen molar-refractivity contribution in [3.05, 3.63) is 59.2 Å². The predicted molar refractivity (Wildman–Crippen MR) is 82.1 cm³/mol. The number of nitrogens with one attached hydrogen (secondary N) is 1. The minimum Gasteiger partial charge on any atom is -0.496 e. The second-order valence-electron chi connectivity index (χ2n) is 5.07. The van der Waals surface area contributed by atoms with E-state index >= 15 is 0 Å². The number of halogens is 1. The SMILES string of the molecule is CCCNC(c1cncc(F)c1)c1ccc(C)cc1OC. The van der Waals surface area contributed by atoms with Crippen molar-refractivity contribution in [1.29, 1.82) is 0 Å². The molecule has 1 aromatic carbocycles. The van der Waals surface area contributed by atoms with E-state index < -0.39 is 0 Å². The van der Waals surface area contributed by atoms with Gasteiger partial charge in [-0.25, -0.2) is 4.39 Å². The number of ether oxygens (including phenoxy) is 1. The summed E-state index contributed by atoms with van der Waals surface area (Å²) in [4.78, 5) is 3.96. The van der Waals surface area contributed by atoms with Gasteiger partial charge in [0, 0.05) is 11.8 Å². The van der Waals surface area contributed by atoms with Crippen molar-refractivity contribution in [2.75, 3.05) is 13.7 Å². The van der Waals surface area contributed by atoms with Crippen LogP contribution in [0.3, 0.4) is 0 Å². The van der Waals surface area contributed by atoms with Crippen molar-refractivity contribution >= 4 is 0 Å². The highest BCUT2D eigenvalue weighted by Gasteiger charge is 2.18. The van der Waals surface area contributed by atoms with E-state index in [4.69, 9.17) is 4.74 Å². The minimum absolute atomic E-state index is 0.135. The van der Waals surface area contributed by atoms with Crippen molar-refractivity contribution in [2.45, 2.75) is 26.3 Å². The van der Waals surface area contributed by atoms with Crippen LogP contribution in [0.15, 0.2) is 36.7 Å². The summed E-state index contributed by atoms with van der Waals surface area (Å²) in [5.41, 5.74) is 2.91. The Morgan fingerprint density at radius 1 is 1.29 bits per heavy atom. The Morgan fingerprint density at radius 3 is 2.76 bits per heavy atom. The molecule has 0 aliphatic heterocycles. The van der Waals surface area contributed by atoms with E-state index in [1.165, 1.54) is 12.3 Å². The first-order valence-corrected chi connectivity index (χ1v) is 7.14.